The summed E-state index contributed by atoms with van der Waals surface area (Å²) in [6, 6.07) is 8.74. The van der Waals surface area contributed by atoms with Crippen molar-refractivity contribution in [2.45, 2.75) is 32.7 Å². The molecule has 2 rings (SSSR count). The third kappa shape index (κ3) is 5.58. The molecule has 0 aliphatic heterocycles. The maximum Gasteiger partial charge on any atom is 0.220 e. The van der Waals surface area contributed by atoms with E-state index >= 15 is 0 Å². The van der Waals surface area contributed by atoms with E-state index in [4.69, 9.17) is 9.47 Å². The number of hydrogen-bond donors (Lipinski definition) is 1. The van der Waals surface area contributed by atoms with Crippen LogP contribution >= 0.6 is 0 Å². The lowest BCUT2D eigenvalue weighted by molar-refractivity contribution is -0.121. The Morgan fingerprint density at radius 1 is 1.23 bits per heavy atom. The number of ketones is 1. The number of carbonyl (C=O) groups excluding carboxylic acids is 2. The third-order valence-corrected chi connectivity index (χ3v) is 3.94. The second-order valence-corrected chi connectivity index (χ2v) is 5.95. The molecule has 0 aliphatic rings. The quantitative estimate of drug-likeness (QED) is 0.551. The number of amides is 1. The SMILES string of the molecule is COc1cc(C(C)=O)ccc1OCCCC(=O)N[C@H](C)c1cccnc1. The standard InChI is InChI=1S/C20H24N2O4/c1-14(17-6-4-10-21-13-17)22-20(24)7-5-11-26-18-9-8-16(15(2)23)12-19(18)25-3/h4,6,8-10,12-14H,5,7,11H2,1-3H3,(H,22,24)/t14-/m1/s1. The van der Waals surface area contributed by atoms with E-state index in [1.54, 1.807) is 30.6 Å². The topological polar surface area (TPSA) is 77.5 Å². The van der Waals surface area contributed by atoms with Crippen LogP contribution in [0.1, 0.15) is 48.7 Å². The number of ether oxygens (including phenoxy) is 2. The van der Waals surface area contributed by atoms with Crippen molar-refractivity contribution in [3.8, 4) is 11.5 Å². The van der Waals surface area contributed by atoms with Gasteiger partial charge >= 0.3 is 0 Å². The number of Topliss-reactive ketones (excluding diaryl/α,β-unsaturated/α-hetero) is 1. The van der Waals surface area contributed by atoms with Crippen LogP contribution in [0, 0.1) is 0 Å². The molecule has 0 saturated heterocycles. The lowest BCUT2D eigenvalue weighted by Crippen LogP contribution is -2.26. The zero-order valence-electron chi connectivity index (χ0n) is 15.3. The van der Waals surface area contributed by atoms with Crippen molar-refractivity contribution in [2.75, 3.05) is 13.7 Å². The molecule has 0 radical (unpaired) electrons. The molecule has 1 heterocycles. The molecule has 0 bridgehead atoms. The molecule has 1 amide bonds. The zero-order chi connectivity index (χ0) is 18.9. The Morgan fingerprint density at radius 3 is 2.69 bits per heavy atom. The number of nitrogens with zero attached hydrogens (tertiary/aromatic N) is 1. The minimum atomic E-state index is -0.0867. The summed E-state index contributed by atoms with van der Waals surface area (Å²) in [7, 11) is 1.53. The summed E-state index contributed by atoms with van der Waals surface area (Å²) in [5.41, 5.74) is 1.53. The Morgan fingerprint density at radius 2 is 2.04 bits per heavy atom. The van der Waals surface area contributed by atoms with Crippen molar-refractivity contribution >= 4 is 11.7 Å². The van der Waals surface area contributed by atoms with Gasteiger partial charge in [0.15, 0.2) is 17.3 Å². The highest BCUT2D eigenvalue weighted by Gasteiger charge is 2.11. The number of hydrogen-bond acceptors (Lipinski definition) is 5. The average molecular weight is 356 g/mol. The van der Waals surface area contributed by atoms with Crippen LogP contribution in [0.3, 0.4) is 0 Å². The third-order valence-electron chi connectivity index (χ3n) is 3.94. The molecular formula is C20H24N2O4. The fraction of sp³-hybridized carbons (Fsp3) is 0.350. The van der Waals surface area contributed by atoms with Gasteiger partial charge in [-0.3, -0.25) is 14.6 Å². The van der Waals surface area contributed by atoms with Crippen molar-refractivity contribution in [2.24, 2.45) is 0 Å². The summed E-state index contributed by atoms with van der Waals surface area (Å²) in [6.07, 6.45) is 4.37. The van der Waals surface area contributed by atoms with Crippen molar-refractivity contribution in [3.63, 3.8) is 0 Å². The molecule has 2 aromatic rings. The maximum absolute atomic E-state index is 12.0. The average Bonchev–Trinajstić information content (AvgIpc) is 2.65. The monoisotopic (exact) mass is 356 g/mol. The van der Waals surface area contributed by atoms with E-state index in [2.05, 4.69) is 10.3 Å². The predicted molar refractivity (Wildman–Crippen MR) is 98.5 cm³/mol. The first-order valence-corrected chi connectivity index (χ1v) is 8.52. The zero-order valence-corrected chi connectivity index (χ0v) is 15.3. The summed E-state index contributed by atoms with van der Waals surface area (Å²) < 4.78 is 10.9. The molecule has 0 spiro atoms. The van der Waals surface area contributed by atoms with E-state index in [1.807, 2.05) is 19.1 Å². The van der Waals surface area contributed by atoms with Crippen molar-refractivity contribution in [3.05, 3.63) is 53.9 Å². The first-order chi connectivity index (χ1) is 12.5. The number of rotatable bonds is 9. The molecule has 1 atom stereocenters. The lowest BCUT2D eigenvalue weighted by Gasteiger charge is -2.14. The van der Waals surface area contributed by atoms with Gasteiger partial charge in [-0.05, 0) is 50.1 Å². The van der Waals surface area contributed by atoms with Gasteiger partial charge in [0, 0.05) is 24.4 Å². The lowest BCUT2D eigenvalue weighted by atomic mass is 10.1. The van der Waals surface area contributed by atoms with Gasteiger partial charge in [0.05, 0.1) is 19.8 Å². The highest BCUT2D eigenvalue weighted by atomic mass is 16.5. The second-order valence-electron chi connectivity index (χ2n) is 5.95. The van der Waals surface area contributed by atoms with Crippen LogP contribution in [0.5, 0.6) is 11.5 Å². The maximum atomic E-state index is 12.0. The van der Waals surface area contributed by atoms with E-state index in [0.29, 0.717) is 36.5 Å². The fourth-order valence-electron chi connectivity index (χ4n) is 2.45. The number of carbonyl (C=O) groups is 2. The summed E-state index contributed by atoms with van der Waals surface area (Å²) >= 11 is 0. The van der Waals surface area contributed by atoms with Crippen LogP contribution in [0.4, 0.5) is 0 Å². The highest BCUT2D eigenvalue weighted by molar-refractivity contribution is 5.94. The van der Waals surface area contributed by atoms with Crippen LogP contribution in [-0.4, -0.2) is 30.4 Å². The number of nitrogens with one attached hydrogen (secondary N) is 1. The van der Waals surface area contributed by atoms with Gasteiger partial charge in [0.1, 0.15) is 0 Å². The first kappa shape index (κ1) is 19.4. The number of pyridine rings is 1. The Balaban J connectivity index is 1.78. The molecule has 138 valence electrons. The van der Waals surface area contributed by atoms with E-state index in [9.17, 15) is 9.59 Å². The second kappa shape index (κ2) is 9.56. The van der Waals surface area contributed by atoms with Gasteiger partial charge in [-0.2, -0.15) is 0 Å². The molecule has 26 heavy (non-hydrogen) atoms. The molecule has 0 aliphatic carbocycles. The van der Waals surface area contributed by atoms with Crippen LogP contribution in [0.15, 0.2) is 42.7 Å². The van der Waals surface area contributed by atoms with Crippen molar-refractivity contribution < 1.29 is 19.1 Å². The normalized spacial score (nSPS) is 11.5. The van der Waals surface area contributed by atoms with E-state index in [1.165, 1.54) is 14.0 Å². The van der Waals surface area contributed by atoms with Gasteiger partial charge in [0.25, 0.3) is 0 Å². The van der Waals surface area contributed by atoms with Crippen molar-refractivity contribution in [1.82, 2.24) is 10.3 Å². The summed E-state index contributed by atoms with van der Waals surface area (Å²) in [4.78, 5) is 27.5. The molecule has 0 fully saturated rings. The minimum Gasteiger partial charge on any atom is -0.493 e. The number of benzene rings is 1. The summed E-state index contributed by atoms with van der Waals surface area (Å²) in [5.74, 6) is 0.993. The Bertz CT molecular complexity index is 747. The molecule has 6 heteroatoms. The predicted octanol–water partition coefficient (Wildman–Crippen LogP) is 3.33. The van der Waals surface area contributed by atoms with Crippen LogP contribution in [-0.2, 0) is 4.79 Å². The molecule has 0 saturated carbocycles. The van der Waals surface area contributed by atoms with Crippen LogP contribution < -0.4 is 14.8 Å². The minimum absolute atomic E-state index is 0.0331. The van der Waals surface area contributed by atoms with Gasteiger partial charge in [-0.1, -0.05) is 6.07 Å². The Labute approximate surface area is 153 Å². The number of methoxy groups -OCH3 is 1. The van der Waals surface area contributed by atoms with Gasteiger partial charge < -0.3 is 14.8 Å². The smallest absolute Gasteiger partial charge is 0.220 e. The summed E-state index contributed by atoms with van der Waals surface area (Å²) in [6.45, 7) is 3.80. The van der Waals surface area contributed by atoms with Crippen LogP contribution in [0.25, 0.3) is 0 Å². The molecule has 1 aromatic heterocycles. The van der Waals surface area contributed by atoms with Gasteiger partial charge in [0.2, 0.25) is 5.91 Å². The fourth-order valence-corrected chi connectivity index (χ4v) is 2.45. The molecule has 0 unspecified atom stereocenters. The Kier molecular flexibility index (Phi) is 7.14. The van der Waals surface area contributed by atoms with E-state index in [-0.39, 0.29) is 17.7 Å². The first-order valence-electron chi connectivity index (χ1n) is 8.52. The van der Waals surface area contributed by atoms with E-state index in [0.717, 1.165) is 5.56 Å². The molecule has 6 nitrogen and oxygen atoms in total. The number of aromatic nitrogens is 1. The Hall–Kier alpha value is -2.89. The van der Waals surface area contributed by atoms with Crippen molar-refractivity contribution in [1.29, 1.82) is 0 Å². The van der Waals surface area contributed by atoms with Crippen LogP contribution in [0.2, 0.25) is 0 Å². The molecular weight excluding hydrogens is 332 g/mol. The molecule has 1 aromatic carbocycles. The summed E-state index contributed by atoms with van der Waals surface area (Å²) in [5, 5.41) is 2.94. The highest BCUT2D eigenvalue weighted by Crippen LogP contribution is 2.28. The van der Waals surface area contributed by atoms with E-state index < -0.39 is 0 Å². The van der Waals surface area contributed by atoms with Gasteiger partial charge in [-0.25, -0.2) is 0 Å². The van der Waals surface area contributed by atoms with Gasteiger partial charge in [-0.15, -0.1) is 0 Å². The largest absolute Gasteiger partial charge is 0.493 e. The molecule has 1 N–H and O–H groups in total.